The van der Waals surface area contributed by atoms with E-state index in [-0.39, 0.29) is 11.3 Å². The first-order valence-electron chi connectivity index (χ1n) is 3.92. The molecule has 4 N–H and O–H groups in total. The maximum atomic E-state index is 13.1. The summed E-state index contributed by atoms with van der Waals surface area (Å²) in [5.41, 5.74) is 5.93. The highest BCUT2D eigenvalue weighted by atomic mass is 19.1. The van der Waals surface area contributed by atoms with Crippen LogP contribution in [0.4, 0.5) is 4.39 Å². The van der Waals surface area contributed by atoms with Gasteiger partial charge in [-0.2, -0.15) is 0 Å². The monoisotopic (exact) mass is 185 g/mol. The van der Waals surface area contributed by atoms with E-state index >= 15 is 0 Å². The summed E-state index contributed by atoms with van der Waals surface area (Å²) in [6.07, 6.45) is 0. The number of hydrogen-bond donors (Lipinski definition) is 3. The van der Waals surface area contributed by atoms with Gasteiger partial charge in [-0.25, -0.2) is 4.39 Å². The third kappa shape index (κ3) is 1.79. The van der Waals surface area contributed by atoms with Crippen molar-refractivity contribution in [2.75, 3.05) is 6.61 Å². The number of nitrogens with two attached hydrogens (primary N) is 1. The number of halogens is 1. The summed E-state index contributed by atoms with van der Waals surface area (Å²) in [5.74, 6) is -0.772. The smallest absolute Gasteiger partial charge is 0.131 e. The first-order chi connectivity index (χ1) is 6.07. The van der Waals surface area contributed by atoms with E-state index in [1.807, 2.05) is 0 Å². The van der Waals surface area contributed by atoms with Gasteiger partial charge in [0.25, 0.3) is 0 Å². The van der Waals surface area contributed by atoms with E-state index in [9.17, 15) is 9.50 Å². The second kappa shape index (κ2) is 3.72. The molecule has 0 aliphatic rings. The maximum absolute atomic E-state index is 13.1. The number of aliphatic hydroxyl groups excluding tert-OH is 1. The lowest BCUT2D eigenvalue weighted by Gasteiger charge is -2.13. The van der Waals surface area contributed by atoms with Gasteiger partial charge in [0.1, 0.15) is 11.6 Å². The first-order valence-corrected chi connectivity index (χ1v) is 3.92. The van der Waals surface area contributed by atoms with E-state index in [1.54, 1.807) is 6.92 Å². The average Bonchev–Trinajstić information content (AvgIpc) is 2.12. The number of rotatable bonds is 2. The zero-order valence-corrected chi connectivity index (χ0v) is 7.29. The van der Waals surface area contributed by atoms with E-state index in [2.05, 4.69) is 0 Å². The Morgan fingerprint density at radius 1 is 1.54 bits per heavy atom. The fourth-order valence-corrected chi connectivity index (χ4v) is 1.14. The van der Waals surface area contributed by atoms with E-state index in [1.165, 1.54) is 12.1 Å². The third-order valence-electron chi connectivity index (χ3n) is 1.93. The van der Waals surface area contributed by atoms with Gasteiger partial charge >= 0.3 is 0 Å². The summed E-state index contributed by atoms with van der Waals surface area (Å²) >= 11 is 0. The quantitative estimate of drug-likeness (QED) is 0.639. The molecule has 0 aromatic heterocycles. The molecule has 13 heavy (non-hydrogen) atoms. The van der Waals surface area contributed by atoms with Gasteiger partial charge in [-0.05, 0) is 18.6 Å². The zero-order chi connectivity index (χ0) is 10.0. The van der Waals surface area contributed by atoms with Crippen LogP contribution >= 0.6 is 0 Å². The third-order valence-corrected chi connectivity index (χ3v) is 1.93. The molecule has 4 heteroatoms. The highest BCUT2D eigenvalue weighted by Crippen LogP contribution is 2.28. The maximum Gasteiger partial charge on any atom is 0.131 e. The summed E-state index contributed by atoms with van der Waals surface area (Å²) in [5, 5.41) is 18.2. The lowest BCUT2D eigenvalue weighted by Crippen LogP contribution is -2.16. The minimum Gasteiger partial charge on any atom is -0.507 e. The summed E-state index contributed by atoms with van der Waals surface area (Å²) in [6.45, 7) is 1.25. The molecule has 0 aliphatic carbocycles. The van der Waals surface area contributed by atoms with Crippen molar-refractivity contribution in [3.8, 4) is 5.75 Å². The number of phenols is 1. The van der Waals surface area contributed by atoms with Crippen molar-refractivity contribution in [3.63, 3.8) is 0 Å². The molecule has 1 rings (SSSR count). The SMILES string of the molecule is Cc1ccc(F)c([C@H](N)CO)c1O. The highest BCUT2D eigenvalue weighted by molar-refractivity contribution is 5.42. The standard InChI is InChI=1S/C9H12FNO2/c1-5-2-3-6(10)8(9(5)13)7(11)4-12/h2-3,7,12-13H,4,11H2,1H3/t7-/m1/s1. The molecular formula is C9H12FNO2. The van der Waals surface area contributed by atoms with Crippen LogP contribution < -0.4 is 5.73 Å². The van der Waals surface area contributed by atoms with Gasteiger partial charge in [0.15, 0.2) is 0 Å². The number of aromatic hydroxyl groups is 1. The number of phenolic OH excluding ortho intramolecular Hbond substituents is 1. The molecule has 3 nitrogen and oxygen atoms in total. The van der Waals surface area contributed by atoms with Crippen LogP contribution in [0.5, 0.6) is 5.75 Å². The van der Waals surface area contributed by atoms with E-state index in [0.29, 0.717) is 5.56 Å². The molecule has 0 fully saturated rings. The Balaban J connectivity index is 3.25. The molecule has 72 valence electrons. The van der Waals surface area contributed by atoms with Gasteiger partial charge in [-0.1, -0.05) is 6.07 Å². The molecule has 0 spiro atoms. The Morgan fingerprint density at radius 3 is 2.69 bits per heavy atom. The number of benzene rings is 1. The van der Waals surface area contributed by atoms with Crippen LogP contribution in [-0.4, -0.2) is 16.8 Å². The van der Waals surface area contributed by atoms with Gasteiger partial charge in [0, 0.05) is 5.56 Å². The Morgan fingerprint density at radius 2 is 2.15 bits per heavy atom. The second-order valence-corrected chi connectivity index (χ2v) is 2.92. The molecule has 0 bridgehead atoms. The summed E-state index contributed by atoms with van der Waals surface area (Å²) in [6, 6.07) is 1.80. The van der Waals surface area contributed by atoms with Crippen molar-refractivity contribution < 1.29 is 14.6 Å². The highest BCUT2D eigenvalue weighted by Gasteiger charge is 2.16. The van der Waals surface area contributed by atoms with E-state index in [4.69, 9.17) is 10.8 Å². The van der Waals surface area contributed by atoms with Gasteiger partial charge in [-0.3, -0.25) is 0 Å². The summed E-state index contributed by atoms with van der Waals surface area (Å²) in [4.78, 5) is 0. The minimum absolute atomic E-state index is 0.0255. The average molecular weight is 185 g/mol. The molecule has 1 aromatic carbocycles. The van der Waals surface area contributed by atoms with Gasteiger partial charge < -0.3 is 15.9 Å². The molecular weight excluding hydrogens is 173 g/mol. The predicted molar refractivity (Wildman–Crippen MR) is 46.8 cm³/mol. The van der Waals surface area contributed by atoms with E-state index < -0.39 is 18.5 Å². The number of hydrogen-bond acceptors (Lipinski definition) is 3. The zero-order valence-electron chi connectivity index (χ0n) is 7.29. The van der Waals surface area contributed by atoms with E-state index in [0.717, 1.165) is 0 Å². The molecule has 0 saturated heterocycles. The number of aryl methyl sites for hydroxylation is 1. The lowest BCUT2D eigenvalue weighted by atomic mass is 10.0. The van der Waals surface area contributed by atoms with Crippen LogP contribution in [0.2, 0.25) is 0 Å². The Kier molecular flexibility index (Phi) is 2.85. The molecule has 0 aliphatic heterocycles. The van der Waals surface area contributed by atoms with Crippen molar-refractivity contribution in [1.29, 1.82) is 0 Å². The van der Waals surface area contributed by atoms with Crippen LogP contribution in [0, 0.1) is 12.7 Å². The Bertz CT molecular complexity index is 315. The fourth-order valence-electron chi connectivity index (χ4n) is 1.14. The molecule has 0 amide bonds. The van der Waals surface area contributed by atoms with Crippen molar-refractivity contribution in [2.24, 2.45) is 5.73 Å². The summed E-state index contributed by atoms with van der Waals surface area (Å²) < 4.78 is 13.1. The van der Waals surface area contributed by atoms with Crippen LogP contribution in [-0.2, 0) is 0 Å². The molecule has 0 saturated carbocycles. The molecule has 0 unspecified atom stereocenters. The van der Waals surface area contributed by atoms with Gasteiger partial charge in [-0.15, -0.1) is 0 Å². The largest absolute Gasteiger partial charge is 0.507 e. The molecule has 1 aromatic rings. The fraction of sp³-hybridized carbons (Fsp3) is 0.333. The topological polar surface area (TPSA) is 66.5 Å². The Hall–Kier alpha value is -1.13. The van der Waals surface area contributed by atoms with Crippen LogP contribution in [0.15, 0.2) is 12.1 Å². The molecule has 0 heterocycles. The lowest BCUT2D eigenvalue weighted by molar-refractivity contribution is 0.262. The minimum atomic E-state index is -0.875. The second-order valence-electron chi connectivity index (χ2n) is 2.92. The molecule has 1 atom stereocenters. The van der Waals surface area contributed by atoms with Crippen molar-refractivity contribution >= 4 is 0 Å². The Labute approximate surface area is 75.6 Å². The number of aliphatic hydroxyl groups is 1. The van der Waals surface area contributed by atoms with Crippen molar-refractivity contribution in [3.05, 3.63) is 29.1 Å². The van der Waals surface area contributed by atoms with Crippen molar-refractivity contribution in [1.82, 2.24) is 0 Å². The van der Waals surface area contributed by atoms with Crippen LogP contribution in [0.3, 0.4) is 0 Å². The van der Waals surface area contributed by atoms with Gasteiger partial charge in [0.05, 0.1) is 12.6 Å². The normalized spacial score (nSPS) is 12.9. The van der Waals surface area contributed by atoms with Crippen LogP contribution in [0.25, 0.3) is 0 Å². The first kappa shape index (κ1) is 9.95. The van der Waals surface area contributed by atoms with Crippen molar-refractivity contribution in [2.45, 2.75) is 13.0 Å². The van der Waals surface area contributed by atoms with Gasteiger partial charge in [0.2, 0.25) is 0 Å². The molecule has 0 radical (unpaired) electrons. The summed E-state index contributed by atoms with van der Waals surface area (Å²) in [7, 11) is 0. The predicted octanol–water partition coefficient (Wildman–Crippen LogP) is 0.832. The van der Waals surface area contributed by atoms with Crippen LogP contribution in [0.1, 0.15) is 17.2 Å².